The molecule has 3 aliphatic heterocycles. The van der Waals surface area contributed by atoms with Crippen LogP contribution in [0.15, 0.2) is 249 Å². The lowest BCUT2D eigenvalue weighted by Gasteiger charge is -2.52. The summed E-state index contributed by atoms with van der Waals surface area (Å²) >= 11 is 0. The van der Waals surface area contributed by atoms with Crippen LogP contribution in [0.4, 0.5) is 45.5 Å². The van der Waals surface area contributed by atoms with Gasteiger partial charge in [0.15, 0.2) is 0 Å². The fourth-order valence-corrected chi connectivity index (χ4v) is 14.2. The van der Waals surface area contributed by atoms with Crippen molar-refractivity contribution in [3.63, 3.8) is 0 Å². The molecule has 11 aromatic rings. The zero-order valence-electron chi connectivity index (χ0n) is 48.6. The summed E-state index contributed by atoms with van der Waals surface area (Å²) in [7, 11) is 0. The molecule has 0 aliphatic carbocycles. The van der Waals surface area contributed by atoms with Gasteiger partial charge in [0.25, 0.3) is 0 Å². The van der Waals surface area contributed by atoms with Crippen LogP contribution in [0.2, 0.25) is 0 Å². The van der Waals surface area contributed by atoms with Crippen LogP contribution in [0.25, 0.3) is 33.4 Å². The summed E-state index contributed by atoms with van der Waals surface area (Å²) in [5, 5.41) is 0. The van der Waals surface area contributed by atoms with Gasteiger partial charge in [-0.25, -0.2) is 0 Å². The molecular weight excluding hydrogens is 990 g/mol. The Morgan fingerprint density at radius 3 is 1.51 bits per heavy atom. The molecule has 14 rings (SSSR count). The third kappa shape index (κ3) is 8.09. The molecule has 0 saturated heterocycles. The van der Waals surface area contributed by atoms with Crippen molar-refractivity contribution >= 4 is 63.3 Å². The number of hydrogen-bond donors (Lipinski definition) is 0. The predicted molar refractivity (Wildman–Crippen MR) is 349 cm³/mol. The summed E-state index contributed by atoms with van der Waals surface area (Å²) in [6.45, 7) is 20.3. The molecule has 0 unspecified atom stereocenters. The Morgan fingerprint density at radius 2 is 0.927 bits per heavy atom. The zero-order chi connectivity index (χ0) is 56.2. The molecular formula is C78H68BN3. The predicted octanol–water partition coefficient (Wildman–Crippen LogP) is 19.4. The van der Waals surface area contributed by atoms with Crippen molar-refractivity contribution < 1.29 is 0 Å². The Balaban J connectivity index is 1.10. The highest BCUT2D eigenvalue weighted by atomic mass is 15.2. The van der Waals surface area contributed by atoms with E-state index in [0.29, 0.717) is 0 Å². The van der Waals surface area contributed by atoms with E-state index >= 15 is 0 Å². The van der Waals surface area contributed by atoms with Gasteiger partial charge in [0.1, 0.15) is 0 Å². The number of hydrogen-bond acceptors (Lipinski definition) is 3. The third-order valence-corrected chi connectivity index (χ3v) is 17.9. The summed E-state index contributed by atoms with van der Waals surface area (Å²) in [4.78, 5) is 7.80. The van der Waals surface area contributed by atoms with Gasteiger partial charge in [0.05, 0.1) is 11.1 Å². The number of rotatable bonds is 8. The van der Waals surface area contributed by atoms with Crippen LogP contribution in [0, 0.1) is 20.8 Å². The second-order valence-electron chi connectivity index (χ2n) is 25.1. The molecule has 3 aliphatic rings. The van der Waals surface area contributed by atoms with Crippen molar-refractivity contribution in [1.29, 1.82) is 0 Å². The van der Waals surface area contributed by atoms with Crippen LogP contribution in [-0.2, 0) is 16.2 Å². The lowest BCUT2D eigenvalue weighted by Crippen LogP contribution is -2.62. The monoisotopic (exact) mass is 1060 g/mol. The lowest BCUT2D eigenvalue weighted by molar-refractivity contribution is 0.590. The van der Waals surface area contributed by atoms with Gasteiger partial charge in [0, 0.05) is 45.4 Å². The molecule has 82 heavy (non-hydrogen) atoms. The molecule has 398 valence electrons. The zero-order valence-corrected chi connectivity index (χ0v) is 48.6. The van der Waals surface area contributed by atoms with Crippen LogP contribution in [0.1, 0.15) is 91.6 Å². The Kier molecular flexibility index (Phi) is 12.0. The van der Waals surface area contributed by atoms with Crippen LogP contribution in [-0.4, -0.2) is 6.85 Å². The van der Waals surface area contributed by atoms with Gasteiger partial charge in [-0.1, -0.05) is 229 Å². The molecule has 3 heterocycles. The van der Waals surface area contributed by atoms with Gasteiger partial charge in [-0.2, -0.15) is 0 Å². The highest BCUT2D eigenvalue weighted by molar-refractivity contribution is 6.93. The quantitative estimate of drug-likeness (QED) is 0.140. The molecule has 0 bridgehead atoms. The molecule has 0 atom stereocenters. The average Bonchev–Trinajstić information content (AvgIpc) is 1.15. The maximum atomic E-state index is 2.69. The molecule has 0 radical (unpaired) electrons. The Labute approximate surface area is 485 Å². The van der Waals surface area contributed by atoms with Crippen molar-refractivity contribution in [3.05, 3.63) is 299 Å². The maximum absolute atomic E-state index is 2.69. The topological polar surface area (TPSA) is 9.72 Å². The fraction of sp³-hybridized carbons (Fsp3) is 0.154. The van der Waals surface area contributed by atoms with E-state index in [-0.39, 0.29) is 17.7 Å². The summed E-state index contributed by atoms with van der Waals surface area (Å²) in [6, 6.07) is 94.6. The Morgan fingerprint density at radius 1 is 0.402 bits per heavy atom. The van der Waals surface area contributed by atoms with Crippen molar-refractivity contribution in [2.75, 3.05) is 14.6 Å². The van der Waals surface area contributed by atoms with E-state index < -0.39 is 5.41 Å². The highest BCUT2D eigenvalue weighted by Crippen LogP contribution is 2.60. The van der Waals surface area contributed by atoms with E-state index in [2.05, 4.69) is 326 Å². The number of aryl methyl sites for hydroxylation is 3. The molecule has 0 amide bonds. The van der Waals surface area contributed by atoms with Crippen LogP contribution >= 0.6 is 0 Å². The first-order valence-electron chi connectivity index (χ1n) is 29.2. The Hall–Kier alpha value is -9.12. The molecule has 3 nitrogen and oxygen atoms in total. The molecule has 11 aromatic carbocycles. The maximum Gasteiger partial charge on any atom is 0.333 e. The van der Waals surface area contributed by atoms with Crippen molar-refractivity contribution in [1.82, 2.24) is 0 Å². The summed E-state index contributed by atoms with van der Waals surface area (Å²) in [5.41, 5.74) is 30.0. The van der Waals surface area contributed by atoms with Gasteiger partial charge in [0.2, 0.25) is 0 Å². The SMILES string of the molecule is Cc1cc(C)c(-c2cc3c4c(c2)N2c5ccccc5C(c5ccccc5)(c5ccccc5)c5cccc(c52)B4N(c2ccc(-c4ccccc4)cc2)c2cc(N(c4ccc(C(C)(C)C)cc4)c4ccc(C(C)(C)C)cc4)ccc2-3)c(C)c1. The van der Waals surface area contributed by atoms with Crippen molar-refractivity contribution in [2.24, 2.45) is 0 Å². The van der Waals surface area contributed by atoms with Gasteiger partial charge in [-0.05, 0) is 182 Å². The Bertz CT molecular complexity index is 4130. The van der Waals surface area contributed by atoms with E-state index in [0.717, 1.165) is 28.4 Å². The van der Waals surface area contributed by atoms with Crippen molar-refractivity contribution in [2.45, 2.75) is 78.6 Å². The smallest absolute Gasteiger partial charge is 0.333 e. The standard InChI is InChI=1S/C78H68BN3/c1-51-46-52(2)73(53(3)47-51)56-48-66-65-45-44-64(80(61-40-34-57(35-41-61)76(4,5)6)62-42-36-58(37-43-62)77(7,8)9)50-71(65)82(63-38-32-55(33-39-63)54-22-13-10-14-23-54)79-69-30-21-29-68-75(69)81(72(49-56)74(66)79)70-31-20-19-28-67(70)78(68,59-24-15-11-16-25-59)60-26-17-12-18-27-60/h10-50H,1-9H3. The normalized spacial score (nSPS) is 13.7. The van der Waals surface area contributed by atoms with E-state index in [4.69, 9.17) is 0 Å². The molecule has 0 spiro atoms. The first kappa shape index (κ1) is 51.1. The third-order valence-electron chi connectivity index (χ3n) is 17.9. The molecule has 0 fully saturated rings. The number of para-hydroxylation sites is 2. The van der Waals surface area contributed by atoms with E-state index in [1.165, 1.54) is 111 Å². The second kappa shape index (κ2) is 19.3. The van der Waals surface area contributed by atoms with Crippen molar-refractivity contribution in [3.8, 4) is 33.4 Å². The van der Waals surface area contributed by atoms with Gasteiger partial charge in [-0.15, -0.1) is 0 Å². The van der Waals surface area contributed by atoms with Gasteiger partial charge < -0.3 is 14.6 Å². The first-order valence-corrected chi connectivity index (χ1v) is 29.2. The van der Waals surface area contributed by atoms with Crippen LogP contribution in [0.3, 0.4) is 0 Å². The first-order chi connectivity index (χ1) is 39.7. The van der Waals surface area contributed by atoms with Gasteiger partial charge >= 0.3 is 6.85 Å². The lowest BCUT2D eigenvalue weighted by atomic mass is 9.42. The number of anilines is 8. The molecule has 0 saturated carbocycles. The van der Waals surface area contributed by atoms with E-state index in [1.54, 1.807) is 0 Å². The minimum absolute atomic E-state index is 0.0109. The van der Waals surface area contributed by atoms with E-state index in [1.807, 2.05) is 0 Å². The average molecular weight is 1060 g/mol. The van der Waals surface area contributed by atoms with Gasteiger partial charge in [-0.3, -0.25) is 0 Å². The number of fused-ring (bicyclic) bond motifs is 6. The number of nitrogens with zero attached hydrogens (tertiary/aromatic N) is 3. The largest absolute Gasteiger partial charge is 0.376 e. The molecule has 0 aromatic heterocycles. The van der Waals surface area contributed by atoms with Crippen LogP contribution in [0.5, 0.6) is 0 Å². The van der Waals surface area contributed by atoms with E-state index in [9.17, 15) is 0 Å². The number of benzene rings is 11. The summed E-state index contributed by atoms with van der Waals surface area (Å²) in [5.74, 6) is 0. The summed E-state index contributed by atoms with van der Waals surface area (Å²) in [6.07, 6.45) is 0. The molecule has 4 heteroatoms. The fourth-order valence-electron chi connectivity index (χ4n) is 14.2. The minimum atomic E-state index is -0.642. The second-order valence-corrected chi connectivity index (χ2v) is 25.1. The molecule has 0 N–H and O–H groups in total. The highest BCUT2D eigenvalue weighted by Gasteiger charge is 2.53. The summed E-state index contributed by atoms with van der Waals surface area (Å²) < 4.78 is 0. The minimum Gasteiger partial charge on any atom is -0.376 e. The van der Waals surface area contributed by atoms with Crippen LogP contribution < -0.4 is 25.5 Å².